The zero-order valence-corrected chi connectivity index (χ0v) is 10.5. The van der Waals surface area contributed by atoms with Crippen LogP contribution in [0.4, 0.5) is 0 Å². The van der Waals surface area contributed by atoms with E-state index < -0.39 is 12.1 Å². The molecule has 0 bridgehead atoms. The zero-order valence-electron chi connectivity index (χ0n) is 9.72. The molecule has 0 saturated carbocycles. The Kier molecular flexibility index (Phi) is 6.04. The van der Waals surface area contributed by atoms with Crippen molar-refractivity contribution in [1.29, 1.82) is 0 Å². The number of carbonyl (C=O) groups is 1. The number of hydrogen-bond acceptors (Lipinski definition) is 4. The van der Waals surface area contributed by atoms with Gasteiger partial charge < -0.3 is 15.5 Å². The highest BCUT2D eigenvalue weighted by atomic mass is 32.2. The Labute approximate surface area is 105 Å². The molecule has 0 aliphatic heterocycles. The van der Waals surface area contributed by atoms with Gasteiger partial charge in [0.25, 0.3) is 0 Å². The third kappa shape index (κ3) is 5.72. The summed E-state index contributed by atoms with van der Waals surface area (Å²) in [5.74, 6) is -0.983. The lowest BCUT2D eigenvalue weighted by molar-refractivity contribution is -0.139. The minimum atomic E-state index is -0.983. The van der Waals surface area contributed by atoms with Crippen molar-refractivity contribution in [3.8, 4) is 0 Å². The molecule has 0 fully saturated rings. The summed E-state index contributed by atoms with van der Waals surface area (Å²) < 4.78 is 0. The number of benzene rings is 1. The average molecular weight is 255 g/mol. The van der Waals surface area contributed by atoms with Crippen molar-refractivity contribution in [2.45, 2.75) is 24.0 Å². The van der Waals surface area contributed by atoms with Crippen LogP contribution in [0, 0.1) is 0 Å². The summed E-state index contributed by atoms with van der Waals surface area (Å²) in [6.07, 6.45) is 0.964. The minimum absolute atomic E-state index is 0.224. The van der Waals surface area contributed by atoms with Crippen molar-refractivity contribution in [1.82, 2.24) is 5.32 Å². The van der Waals surface area contributed by atoms with Crippen LogP contribution in [-0.2, 0) is 11.3 Å². The van der Waals surface area contributed by atoms with Gasteiger partial charge in [-0.05, 0) is 24.0 Å². The van der Waals surface area contributed by atoms with Gasteiger partial charge in [-0.3, -0.25) is 4.79 Å². The Balaban J connectivity index is 2.28. The number of nitrogens with one attached hydrogen (secondary N) is 1. The van der Waals surface area contributed by atoms with E-state index in [1.807, 2.05) is 30.5 Å². The average Bonchev–Trinajstić information content (AvgIpc) is 2.29. The van der Waals surface area contributed by atoms with Gasteiger partial charge in [0.15, 0.2) is 0 Å². The molecule has 0 amide bonds. The first-order valence-electron chi connectivity index (χ1n) is 5.35. The Morgan fingerprint density at radius 3 is 2.59 bits per heavy atom. The Bertz CT molecular complexity index is 353. The molecule has 0 heterocycles. The van der Waals surface area contributed by atoms with Gasteiger partial charge in [-0.1, -0.05) is 12.1 Å². The summed E-state index contributed by atoms with van der Waals surface area (Å²) in [5, 5.41) is 20.8. The first-order valence-corrected chi connectivity index (χ1v) is 6.58. The maximum atomic E-state index is 10.3. The molecule has 4 nitrogen and oxygen atoms in total. The van der Waals surface area contributed by atoms with Crippen molar-refractivity contribution < 1.29 is 15.0 Å². The monoisotopic (exact) mass is 255 g/mol. The van der Waals surface area contributed by atoms with Gasteiger partial charge in [-0.2, -0.15) is 0 Å². The molecule has 0 saturated heterocycles. The molecule has 1 unspecified atom stereocenters. The van der Waals surface area contributed by atoms with Gasteiger partial charge in [0.05, 0.1) is 12.5 Å². The summed E-state index contributed by atoms with van der Waals surface area (Å²) in [7, 11) is 0. The molecule has 5 heteroatoms. The summed E-state index contributed by atoms with van der Waals surface area (Å²) in [4.78, 5) is 11.5. The smallest absolute Gasteiger partial charge is 0.306 e. The second kappa shape index (κ2) is 7.32. The van der Waals surface area contributed by atoms with E-state index in [1.165, 1.54) is 4.90 Å². The Morgan fingerprint density at radius 1 is 1.41 bits per heavy atom. The third-order valence-corrected chi connectivity index (χ3v) is 3.02. The number of carboxylic acid groups (broad SMARTS) is 1. The SMILES string of the molecule is CSc1ccc(CNCC(O)CC(=O)O)cc1. The number of carboxylic acids is 1. The lowest BCUT2D eigenvalue weighted by Crippen LogP contribution is -2.28. The molecule has 17 heavy (non-hydrogen) atoms. The lowest BCUT2D eigenvalue weighted by Gasteiger charge is -2.09. The Morgan fingerprint density at radius 2 is 2.06 bits per heavy atom. The normalized spacial score (nSPS) is 12.4. The number of aliphatic hydroxyl groups is 1. The second-order valence-corrected chi connectivity index (χ2v) is 4.61. The maximum Gasteiger partial charge on any atom is 0.306 e. The quantitative estimate of drug-likeness (QED) is 0.641. The molecule has 1 rings (SSSR count). The van der Waals surface area contributed by atoms with Crippen LogP contribution in [-0.4, -0.2) is 35.1 Å². The predicted octanol–water partition coefficient (Wildman–Crippen LogP) is 1.33. The molecule has 1 aromatic carbocycles. The van der Waals surface area contributed by atoms with E-state index in [1.54, 1.807) is 11.8 Å². The molecule has 0 aliphatic rings. The van der Waals surface area contributed by atoms with Crippen molar-refractivity contribution in [3.05, 3.63) is 29.8 Å². The minimum Gasteiger partial charge on any atom is -0.481 e. The van der Waals surface area contributed by atoms with E-state index in [0.29, 0.717) is 6.54 Å². The summed E-state index contributed by atoms with van der Waals surface area (Å²) in [6.45, 7) is 0.919. The molecule has 1 atom stereocenters. The van der Waals surface area contributed by atoms with Gasteiger partial charge in [0.1, 0.15) is 0 Å². The molecule has 0 aliphatic carbocycles. The molecular formula is C12H17NO3S. The first-order chi connectivity index (χ1) is 8.11. The highest BCUT2D eigenvalue weighted by molar-refractivity contribution is 7.98. The van der Waals surface area contributed by atoms with E-state index in [9.17, 15) is 9.90 Å². The van der Waals surface area contributed by atoms with Gasteiger partial charge >= 0.3 is 5.97 Å². The van der Waals surface area contributed by atoms with E-state index in [2.05, 4.69) is 5.32 Å². The van der Waals surface area contributed by atoms with E-state index in [4.69, 9.17) is 5.11 Å². The number of thioether (sulfide) groups is 1. The van der Waals surface area contributed by atoms with Crippen LogP contribution >= 0.6 is 11.8 Å². The third-order valence-electron chi connectivity index (χ3n) is 2.28. The van der Waals surface area contributed by atoms with E-state index in [-0.39, 0.29) is 13.0 Å². The van der Waals surface area contributed by atoms with E-state index >= 15 is 0 Å². The number of hydrogen-bond donors (Lipinski definition) is 3. The van der Waals surface area contributed by atoms with Gasteiger partial charge in [-0.15, -0.1) is 11.8 Å². The highest BCUT2D eigenvalue weighted by Gasteiger charge is 2.08. The molecule has 3 N–H and O–H groups in total. The van der Waals surface area contributed by atoms with Crippen LogP contribution < -0.4 is 5.32 Å². The standard InChI is InChI=1S/C12H17NO3S/c1-17-11-4-2-9(3-5-11)7-13-8-10(14)6-12(15)16/h2-5,10,13-14H,6-8H2,1H3,(H,15,16). The summed E-state index contributed by atoms with van der Waals surface area (Å²) in [6, 6.07) is 8.11. The van der Waals surface area contributed by atoms with Gasteiger partial charge in [0, 0.05) is 18.0 Å². The predicted molar refractivity (Wildman–Crippen MR) is 68.2 cm³/mol. The summed E-state index contributed by atoms with van der Waals surface area (Å²) in [5.41, 5.74) is 1.12. The van der Waals surface area contributed by atoms with Crippen LogP contribution in [0.25, 0.3) is 0 Å². The molecule has 0 spiro atoms. The number of aliphatic carboxylic acids is 1. The van der Waals surface area contributed by atoms with Gasteiger partial charge in [-0.25, -0.2) is 0 Å². The highest BCUT2D eigenvalue weighted by Crippen LogP contribution is 2.14. The van der Waals surface area contributed by atoms with Crippen molar-refractivity contribution >= 4 is 17.7 Å². The number of aliphatic hydroxyl groups excluding tert-OH is 1. The second-order valence-electron chi connectivity index (χ2n) is 3.73. The van der Waals surface area contributed by atoms with Crippen molar-refractivity contribution in [2.24, 2.45) is 0 Å². The molecule has 1 aromatic rings. The lowest BCUT2D eigenvalue weighted by atomic mass is 10.2. The van der Waals surface area contributed by atoms with Crippen LogP contribution in [0.1, 0.15) is 12.0 Å². The fourth-order valence-corrected chi connectivity index (χ4v) is 1.81. The van der Waals surface area contributed by atoms with Crippen molar-refractivity contribution in [3.63, 3.8) is 0 Å². The van der Waals surface area contributed by atoms with Gasteiger partial charge in [0.2, 0.25) is 0 Å². The largest absolute Gasteiger partial charge is 0.481 e. The van der Waals surface area contributed by atoms with Crippen LogP contribution in [0.3, 0.4) is 0 Å². The fraction of sp³-hybridized carbons (Fsp3) is 0.417. The zero-order chi connectivity index (χ0) is 12.7. The van der Waals surface area contributed by atoms with Crippen molar-refractivity contribution in [2.75, 3.05) is 12.8 Å². The first kappa shape index (κ1) is 14.0. The molecule has 0 aromatic heterocycles. The molecular weight excluding hydrogens is 238 g/mol. The van der Waals surface area contributed by atoms with E-state index in [0.717, 1.165) is 5.56 Å². The molecule has 0 radical (unpaired) electrons. The molecule has 94 valence electrons. The Hall–Kier alpha value is -1.04. The topological polar surface area (TPSA) is 69.6 Å². The van der Waals surface area contributed by atoms with Crippen LogP contribution in [0.15, 0.2) is 29.2 Å². The summed E-state index contributed by atoms with van der Waals surface area (Å²) >= 11 is 1.69. The maximum absolute atomic E-state index is 10.3. The fourth-order valence-electron chi connectivity index (χ4n) is 1.40. The number of rotatable bonds is 7. The van der Waals surface area contributed by atoms with Crippen LogP contribution in [0.2, 0.25) is 0 Å². The van der Waals surface area contributed by atoms with Crippen LogP contribution in [0.5, 0.6) is 0 Å².